The lowest BCUT2D eigenvalue weighted by atomic mass is 10.1. The fourth-order valence-corrected chi connectivity index (χ4v) is 5.46. The van der Waals surface area contributed by atoms with Gasteiger partial charge in [-0.05, 0) is 25.0 Å². The lowest BCUT2D eigenvalue weighted by molar-refractivity contribution is 0.387. The summed E-state index contributed by atoms with van der Waals surface area (Å²) in [6.45, 7) is 6.48. The summed E-state index contributed by atoms with van der Waals surface area (Å²) in [4.78, 5) is 14.2. The van der Waals surface area contributed by atoms with Crippen molar-refractivity contribution in [3.63, 3.8) is 0 Å². The van der Waals surface area contributed by atoms with E-state index in [1.54, 1.807) is 15.6 Å². The van der Waals surface area contributed by atoms with E-state index < -0.39 is 10.0 Å². The van der Waals surface area contributed by atoms with Crippen molar-refractivity contribution < 1.29 is 8.42 Å². The van der Waals surface area contributed by atoms with Gasteiger partial charge >= 0.3 is 0 Å². The zero-order chi connectivity index (χ0) is 19.9. The minimum atomic E-state index is -3.15. The third-order valence-electron chi connectivity index (χ3n) is 5.27. The molecule has 0 radical (unpaired) electrons. The van der Waals surface area contributed by atoms with Crippen LogP contribution in [0.15, 0.2) is 30.3 Å². The summed E-state index contributed by atoms with van der Waals surface area (Å²) in [7, 11) is -3.15. The van der Waals surface area contributed by atoms with E-state index in [9.17, 15) is 8.42 Å². The molecule has 3 aromatic rings. The monoisotopic (exact) mass is 416 g/mol. The normalized spacial score (nSPS) is 16.0. The molecule has 2 aromatic heterocycles. The summed E-state index contributed by atoms with van der Waals surface area (Å²) < 4.78 is 25.2. The maximum Gasteiger partial charge on any atom is 0.211 e. The standard InChI is InChI=1S/C20H24N4O2S2/c1-14-15(2)27-20-18(14)19(23-9-11-24(12-10-23)28(3,25)26)21-17(22-20)13-16-7-5-4-6-8-16/h4-8H,9-13H2,1-3H3. The maximum absolute atomic E-state index is 11.8. The summed E-state index contributed by atoms with van der Waals surface area (Å²) >= 11 is 1.70. The number of rotatable bonds is 4. The van der Waals surface area contributed by atoms with Crippen LogP contribution >= 0.6 is 11.3 Å². The SMILES string of the molecule is Cc1sc2nc(Cc3ccccc3)nc(N3CCN(S(C)(=O)=O)CC3)c2c1C. The molecule has 1 fully saturated rings. The van der Waals surface area contributed by atoms with Gasteiger partial charge in [0.05, 0.1) is 11.6 Å². The first-order valence-corrected chi connectivity index (χ1v) is 12.0. The minimum absolute atomic E-state index is 0.487. The number of nitrogens with zero attached hydrogens (tertiary/aromatic N) is 4. The van der Waals surface area contributed by atoms with E-state index in [1.165, 1.54) is 22.3 Å². The molecule has 0 aliphatic carbocycles. The first kappa shape index (κ1) is 19.3. The summed E-state index contributed by atoms with van der Waals surface area (Å²) in [6.07, 6.45) is 1.96. The van der Waals surface area contributed by atoms with Crippen molar-refractivity contribution >= 4 is 37.4 Å². The molecule has 1 saturated heterocycles. The molecular formula is C20H24N4O2S2. The number of benzene rings is 1. The Balaban J connectivity index is 1.72. The lowest BCUT2D eigenvalue weighted by Crippen LogP contribution is -2.48. The molecule has 28 heavy (non-hydrogen) atoms. The quantitative estimate of drug-likeness (QED) is 0.654. The summed E-state index contributed by atoms with van der Waals surface area (Å²) in [5, 5.41) is 1.10. The highest BCUT2D eigenvalue weighted by molar-refractivity contribution is 7.88. The predicted octanol–water partition coefficient (Wildman–Crippen LogP) is 2.98. The third kappa shape index (κ3) is 3.76. The molecule has 0 unspecified atom stereocenters. The van der Waals surface area contributed by atoms with Crippen LogP contribution in [0, 0.1) is 13.8 Å². The second kappa shape index (κ2) is 7.42. The van der Waals surface area contributed by atoms with Crippen molar-refractivity contribution in [2.75, 3.05) is 37.3 Å². The van der Waals surface area contributed by atoms with Gasteiger partial charge in [0.1, 0.15) is 16.5 Å². The highest BCUT2D eigenvalue weighted by Crippen LogP contribution is 2.35. The van der Waals surface area contributed by atoms with Crippen LogP contribution in [-0.4, -0.2) is 55.1 Å². The van der Waals surface area contributed by atoms with Crippen molar-refractivity contribution in [2.45, 2.75) is 20.3 Å². The van der Waals surface area contributed by atoms with E-state index in [2.05, 4.69) is 30.9 Å². The number of fused-ring (bicyclic) bond motifs is 1. The van der Waals surface area contributed by atoms with E-state index in [0.29, 0.717) is 32.6 Å². The molecule has 4 rings (SSSR count). The van der Waals surface area contributed by atoms with Gasteiger partial charge in [0.25, 0.3) is 0 Å². The van der Waals surface area contributed by atoms with E-state index >= 15 is 0 Å². The Morgan fingerprint density at radius 2 is 1.71 bits per heavy atom. The Bertz CT molecular complexity index is 1100. The van der Waals surface area contributed by atoms with Crippen molar-refractivity contribution in [3.8, 4) is 0 Å². The lowest BCUT2D eigenvalue weighted by Gasteiger charge is -2.34. The second-order valence-corrected chi connectivity index (χ2v) is 10.4. The van der Waals surface area contributed by atoms with Crippen LogP contribution < -0.4 is 4.90 Å². The fraction of sp³-hybridized carbons (Fsp3) is 0.400. The van der Waals surface area contributed by atoms with Gasteiger partial charge < -0.3 is 4.90 Å². The summed E-state index contributed by atoms with van der Waals surface area (Å²) in [5.41, 5.74) is 2.39. The van der Waals surface area contributed by atoms with Gasteiger partial charge in [-0.2, -0.15) is 4.31 Å². The summed E-state index contributed by atoms with van der Waals surface area (Å²) in [6, 6.07) is 10.2. The molecule has 0 saturated carbocycles. The van der Waals surface area contributed by atoms with Crippen LogP contribution in [0.2, 0.25) is 0 Å². The molecule has 0 amide bonds. The number of thiophene rings is 1. The Hall–Kier alpha value is -2.03. The number of aryl methyl sites for hydroxylation is 2. The van der Waals surface area contributed by atoms with Crippen LogP contribution in [0.25, 0.3) is 10.2 Å². The van der Waals surface area contributed by atoms with Gasteiger partial charge in [-0.3, -0.25) is 0 Å². The smallest absolute Gasteiger partial charge is 0.211 e. The van der Waals surface area contributed by atoms with Crippen LogP contribution in [-0.2, 0) is 16.4 Å². The van der Waals surface area contributed by atoms with Gasteiger partial charge in [0.15, 0.2) is 0 Å². The molecule has 3 heterocycles. The molecule has 6 nitrogen and oxygen atoms in total. The van der Waals surface area contributed by atoms with Crippen molar-refractivity contribution in [1.29, 1.82) is 0 Å². The second-order valence-electron chi connectivity index (χ2n) is 7.24. The van der Waals surface area contributed by atoms with Gasteiger partial charge in [-0.15, -0.1) is 11.3 Å². The van der Waals surface area contributed by atoms with Crippen LogP contribution in [0.3, 0.4) is 0 Å². The maximum atomic E-state index is 11.8. The molecule has 0 bridgehead atoms. The van der Waals surface area contributed by atoms with Crippen molar-refractivity contribution in [3.05, 3.63) is 52.2 Å². The van der Waals surface area contributed by atoms with Crippen LogP contribution in [0.1, 0.15) is 21.8 Å². The molecule has 8 heteroatoms. The van der Waals surface area contributed by atoms with Gasteiger partial charge in [-0.1, -0.05) is 30.3 Å². The van der Waals surface area contributed by atoms with E-state index in [0.717, 1.165) is 21.9 Å². The van der Waals surface area contributed by atoms with Crippen molar-refractivity contribution in [1.82, 2.24) is 14.3 Å². The Morgan fingerprint density at radius 3 is 2.36 bits per heavy atom. The molecule has 1 aliphatic rings. The first-order valence-electron chi connectivity index (χ1n) is 9.33. The average molecular weight is 417 g/mol. The van der Waals surface area contributed by atoms with E-state index in [1.807, 2.05) is 18.2 Å². The van der Waals surface area contributed by atoms with Gasteiger partial charge in [0, 0.05) is 37.5 Å². The number of hydrogen-bond acceptors (Lipinski definition) is 6. The highest BCUT2D eigenvalue weighted by atomic mass is 32.2. The minimum Gasteiger partial charge on any atom is -0.353 e. The molecule has 1 aliphatic heterocycles. The third-order valence-corrected chi connectivity index (χ3v) is 7.67. The molecule has 0 atom stereocenters. The molecule has 0 spiro atoms. The molecule has 148 valence electrons. The number of piperazine rings is 1. The van der Waals surface area contributed by atoms with Crippen LogP contribution in [0.5, 0.6) is 0 Å². The average Bonchev–Trinajstić information content (AvgIpc) is 2.95. The Labute approximate surface area is 169 Å². The first-order chi connectivity index (χ1) is 13.3. The highest BCUT2D eigenvalue weighted by Gasteiger charge is 2.26. The fourth-order valence-electron chi connectivity index (χ4n) is 3.59. The van der Waals surface area contributed by atoms with Gasteiger partial charge in [0.2, 0.25) is 10.0 Å². The zero-order valence-electron chi connectivity index (χ0n) is 16.3. The Kier molecular flexibility index (Phi) is 5.11. The number of aromatic nitrogens is 2. The molecule has 1 aromatic carbocycles. The number of anilines is 1. The largest absolute Gasteiger partial charge is 0.353 e. The number of hydrogen-bond donors (Lipinski definition) is 0. The molecule has 0 N–H and O–H groups in total. The summed E-state index contributed by atoms with van der Waals surface area (Å²) in [5.74, 6) is 1.74. The topological polar surface area (TPSA) is 66.4 Å². The van der Waals surface area contributed by atoms with E-state index in [4.69, 9.17) is 9.97 Å². The van der Waals surface area contributed by atoms with Crippen LogP contribution in [0.4, 0.5) is 5.82 Å². The number of sulfonamides is 1. The predicted molar refractivity (Wildman–Crippen MR) is 115 cm³/mol. The molecular weight excluding hydrogens is 392 g/mol. The zero-order valence-corrected chi connectivity index (χ0v) is 18.0. The van der Waals surface area contributed by atoms with E-state index in [-0.39, 0.29) is 0 Å². The van der Waals surface area contributed by atoms with Crippen molar-refractivity contribution in [2.24, 2.45) is 0 Å². The van der Waals surface area contributed by atoms with Gasteiger partial charge in [-0.25, -0.2) is 18.4 Å². The Morgan fingerprint density at radius 1 is 1.04 bits per heavy atom.